The van der Waals surface area contributed by atoms with Gasteiger partial charge in [-0.15, -0.1) is 0 Å². The number of benzene rings is 2. The van der Waals surface area contributed by atoms with Gasteiger partial charge >= 0.3 is 0 Å². The lowest BCUT2D eigenvalue weighted by molar-refractivity contribution is 0.540. The van der Waals surface area contributed by atoms with E-state index in [9.17, 15) is 8.78 Å². The first-order chi connectivity index (χ1) is 9.08. The van der Waals surface area contributed by atoms with E-state index in [0.29, 0.717) is 12.0 Å². The van der Waals surface area contributed by atoms with Crippen molar-refractivity contribution in [3.8, 4) is 0 Å². The predicted molar refractivity (Wildman–Crippen MR) is 74.3 cm³/mol. The minimum Gasteiger partial charge on any atom is -0.271 e. The number of hydrogen-bond donors (Lipinski definition) is 2. The molecule has 100 valence electrons. The van der Waals surface area contributed by atoms with Crippen molar-refractivity contribution in [2.24, 2.45) is 5.84 Å². The molecule has 0 aliphatic heterocycles. The van der Waals surface area contributed by atoms with Gasteiger partial charge in [0, 0.05) is 16.6 Å². The van der Waals surface area contributed by atoms with Crippen LogP contribution in [-0.2, 0) is 6.42 Å². The maximum Gasteiger partial charge on any atom is 0.126 e. The lowest BCUT2D eigenvalue weighted by Crippen LogP contribution is -2.29. The van der Waals surface area contributed by atoms with Crippen molar-refractivity contribution in [2.75, 3.05) is 0 Å². The number of halogens is 3. The molecule has 3 N–H and O–H groups in total. The molecule has 0 radical (unpaired) electrons. The largest absolute Gasteiger partial charge is 0.271 e. The third kappa shape index (κ3) is 3.83. The van der Waals surface area contributed by atoms with Crippen LogP contribution in [0.1, 0.15) is 17.2 Å². The molecule has 0 aliphatic rings. The van der Waals surface area contributed by atoms with Crippen molar-refractivity contribution in [3.63, 3.8) is 0 Å². The summed E-state index contributed by atoms with van der Waals surface area (Å²) in [5.74, 6) is 4.35. The molecule has 0 bridgehead atoms. The van der Waals surface area contributed by atoms with Gasteiger partial charge < -0.3 is 0 Å². The summed E-state index contributed by atoms with van der Waals surface area (Å²) in [6, 6.07) is 10.9. The highest BCUT2D eigenvalue weighted by Crippen LogP contribution is 2.21. The Hall–Kier alpha value is -1.30. The molecule has 1 atom stereocenters. The molecule has 2 nitrogen and oxygen atoms in total. The van der Waals surface area contributed by atoms with E-state index in [1.54, 1.807) is 0 Å². The summed E-state index contributed by atoms with van der Waals surface area (Å²) in [5.41, 5.74) is 4.18. The molecular weight excluding hydrogens is 314 g/mol. The fraction of sp³-hybridized carbons (Fsp3) is 0.143. The van der Waals surface area contributed by atoms with Crippen LogP contribution < -0.4 is 11.3 Å². The highest BCUT2D eigenvalue weighted by molar-refractivity contribution is 9.10. The van der Waals surface area contributed by atoms with Crippen LogP contribution in [0.15, 0.2) is 46.9 Å². The molecular formula is C14H13BrF2N2. The summed E-state index contributed by atoms with van der Waals surface area (Å²) in [4.78, 5) is 0. The van der Waals surface area contributed by atoms with E-state index in [1.165, 1.54) is 12.1 Å². The Morgan fingerprint density at radius 3 is 2.16 bits per heavy atom. The zero-order valence-electron chi connectivity index (χ0n) is 10.0. The monoisotopic (exact) mass is 326 g/mol. The first-order valence-electron chi connectivity index (χ1n) is 5.75. The van der Waals surface area contributed by atoms with Crippen molar-refractivity contribution in [3.05, 3.63) is 69.7 Å². The van der Waals surface area contributed by atoms with Crippen molar-refractivity contribution in [1.29, 1.82) is 0 Å². The molecule has 0 aromatic heterocycles. The Kier molecular flexibility index (Phi) is 4.63. The van der Waals surface area contributed by atoms with E-state index in [4.69, 9.17) is 5.84 Å². The summed E-state index contributed by atoms with van der Waals surface area (Å²) in [6.45, 7) is 0. The van der Waals surface area contributed by atoms with Gasteiger partial charge in [0.25, 0.3) is 0 Å². The lowest BCUT2D eigenvalue weighted by atomic mass is 9.99. The van der Waals surface area contributed by atoms with Crippen LogP contribution in [-0.4, -0.2) is 0 Å². The Labute approximate surface area is 118 Å². The van der Waals surface area contributed by atoms with Crippen LogP contribution in [0.5, 0.6) is 0 Å². The van der Waals surface area contributed by atoms with Crippen molar-refractivity contribution >= 4 is 15.9 Å². The zero-order valence-corrected chi connectivity index (χ0v) is 11.6. The minimum absolute atomic E-state index is 0.200. The third-order valence-electron chi connectivity index (χ3n) is 2.84. The van der Waals surface area contributed by atoms with Gasteiger partial charge in [-0.05, 0) is 41.8 Å². The summed E-state index contributed by atoms with van der Waals surface area (Å²) in [5, 5.41) is 0. The van der Waals surface area contributed by atoms with Crippen LogP contribution in [0.25, 0.3) is 0 Å². The number of nitrogens with one attached hydrogen (secondary N) is 1. The molecule has 5 heteroatoms. The van der Waals surface area contributed by atoms with Gasteiger partial charge in [-0.3, -0.25) is 11.3 Å². The molecule has 0 amide bonds. The Bertz CT molecular complexity index is 538. The molecule has 19 heavy (non-hydrogen) atoms. The molecule has 0 spiro atoms. The Morgan fingerprint density at radius 2 is 1.63 bits per heavy atom. The maximum atomic E-state index is 13.1. The quantitative estimate of drug-likeness (QED) is 0.667. The lowest BCUT2D eigenvalue weighted by Gasteiger charge is -2.16. The summed E-state index contributed by atoms with van der Waals surface area (Å²) in [7, 11) is 0. The molecule has 1 unspecified atom stereocenters. The Balaban J connectivity index is 2.21. The highest BCUT2D eigenvalue weighted by atomic mass is 79.9. The first-order valence-corrected chi connectivity index (χ1v) is 6.54. The van der Waals surface area contributed by atoms with Gasteiger partial charge in [0.2, 0.25) is 0 Å². The van der Waals surface area contributed by atoms with Gasteiger partial charge in [-0.2, -0.15) is 0 Å². The first kappa shape index (κ1) is 14.1. The van der Waals surface area contributed by atoms with Crippen LogP contribution in [0.2, 0.25) is 0 Å². The fourth-order valence-electron chi connectivity index (χ4n) is 1.93. The van der Waals surface area contributed by atoms with Gasteiger partial charge in [0.15, 0.2) is 0 Å². The van der Waals surface area contributed by atoms with E-state index in [0.717, 1.165) is 16.1 Å². The topological polar surface area (TPSA) is 38.0 Å². The molecule has 2 aromatic carbocycles. The van der Waals surface area contributed by atoms with Crippen LogP contribution in [0.3, 0.4) is 0 Å². The van der Waals surface area contributed by atoms with E-state index < -0.39 is 11.6 Å². The van der Waals surface area contributed by atoms with Gasteiger partial charge in [0.1, 0.15) is 11.6 Å². The zero-order chi connectivity index (χ0) is 13.8. The maximum absolute atomic E-state index is 13.1. The summed E-state index contributed by atoms with van der Waals surface area (Å²) < 4.78 is 27.2. The molecule has 0 saturated carbocycles. The second kappa shape index (κ2) is 6.23. The van der Waals surface area contributed by atoms with Crippen molar-refractivity contribution < 1.29 is 8.78 Å². The Morgan fingerprint density at radius 1 is 1.05 bits per heavy atom. The average Bonchev–Trinajstić information content (AvgIpc) is 2.36. The summed E-state index contributed by atoms with van der Waals surface area (Å²) in [6.07, 6.45) is 0.410. The standard InChI is InChI=1S/C14H13BrF2N2/c15-11-3-1-10(2-4-11)14(19-18)7-9-5-12(16)8-13(17)6-9/h1-6,8,14,19H,7,18H2. The number of rotatable bonds is 4. The predicted octanol–water partition coefficient (Wildman–Crippen LogP) is 3.47. The fourth-order valence-corrected chi connectivity index (χ4v) is 2.20. The molecule has 0 fully saturated rings. The second-order valence-corrected chi connectivity index (χ2v) is 5.17. The van der Waals surface area contributed by atoms with Gasteiger partial charge in [-0.1, -0.05) is 28.1 Å². The SMILES string of the molecule is NNC(Cc1cc(F)cc(F)c1)c1ccc(Br)cc1. The summed E-state index contributed by atoms with van der Waals surface area (Å²) >= 11 is 3.35. The number of hydrazine groups is 1. The van der Waals surface area contributed by atoms with E-state index >= 15 is 0 Å². The average molecular weight is 327 g/mol. The molecule has 0 saturated heterocycles. The molecule has 2 aromatic rings. The van der Waals surface area contributed by atoms with Gasteiger partial charge in [-0.25, -0.2) is 8.78 Å². The van der Waals surface area contributed by atoms with E-state index in [-0.39, 0.29) is 6.04 Å². The van der Waals surface area contributed by atoms with Crippen molar-refractivity contribution in [1.82, 2.24) is 5.43 Å². The number of hydrogen-bond acceptors (Lipinski definition) is 2. The van der Waals surface area contributed by atoms with Crippen LogP contribution in [0, 0.1) is 11.6 Å². The normalized spacial score (nSPS) is 12.4. The van der Waals surface area contributed by atoms with Gasteiger partial charge in [0.05, 0.1) is 0 Å². The molecule has 0 aliphatic carbocycles. The molecule has 2 rings (SSSR count). The molecule has 0 heterocycles. The number of nitrogens with two attached hydrogens (primary N) is 1. The smallest absolute Gasteiger partial charge is 0.126 e. The second-order valence-electron chi connectivity index (χ2n) is 4.25. The van der Waals surface area contributed by atoms with Crippen molar-refractivity contribution in [2.45, 2.75) is 12.5 Å². The van der Waals surface area contributed by atoms with Crippen LogP contribution in [0.4, 0.5) is 8.78 Å². The third-order valence-corrected chi connectivity index (χ3v) is 3.36. The van der Waals surface area contributed by atoms with E-state index in [2.05, 4.69) is 21.4 Å². The highest BCUT2D eigenvalue weighted by Gasteiger charge is 2.12. The van der Waals surface area contributed by atoms with E-state index in [1.807, 2.05) is 24.3 Å². The van der Waals surface area contributed by atoms with Crippen LogP contribution >= 0.6 is 15.9 Å². The minimum atomic E-state index is -0.582.